The SMILES string of the molecule is CC[C@@H](C)[C@@H](NC(=O)[C@@H](Cc1ccccc1F)NC(C)=O)C(N)=O. The Morgan fingerprint density at radius 1 is 1.21 bits per heavy atom. The summed E-state index contributed by atoms with van der Waals surface area (Å²) in [5.41, 5.74) is 5.64. The number of primary amides is 1. The maximum Gasteiger partial charge on any atom is 0.243 e. The molecule has 3 amide bonds. The second kappa shape index (κ2) is 9.00. The zero-order valence-electron chi connectivity index (χ0n) is 14.1. The molecule has 1 aromatic rings. The fraction of sp³-hybridized carbons (Fsp3) is 0.471. The minimum atomic E-state index is -0.995. The van der Waals surface area contributed by atoms with E-state index in [0.717, 1.165) is 0 Å². The van der Waals surface area contributed by atoms with Crippen LogP contribution in [0.5, 0.6) is 0 Å². The normalized spacial score (nSPS) is 14.3. The molecule has 6 nitrogen and oxygen atoms in total. The van der Waals surface area contributed by atoms with Crippen molar-refractivity contribution in [3.63, 3.8) is 0 Å². The highest BCUT2D eigenvalue weighted by atomic mass is 19.1. The van der Waals surface area contributed by atoms with Crippen LogP contribution < -0.4 is 16.4 Å². The van der Waals surface area contributed by atoms with Gasteiger partial charge in [0.2, 0.25) is 17.7 Å². The second-order valence-corrected chi connectivity index (χ2v) is 5.82. The lowest BCUT2D eigenvalue weighted by atomic mass is 9.97. The third-order valence-corrected chi connectivity index (χ3v) is 3.89. The van der Waals surface area contributed by atoms with Gasteiger partial charge in [0, 0.05) is 13.3 Å². The number of nitrogens with one attached hydrogen (secondary N) is 2. The van der Waals surface area contributed by atoms with Crippen molar-refractivity contribution in [1.82, 2.24) is 10.6 Å². The summed E-state index contributed by atoms with van der Waals surface area (Å²) in [7, 11) is 0. The number of carbonyl (C=O) groups excluding carboxylic acids is 3. The minimum Gasteiger partial charge on any atom is -0.368 e. The van der Waals surface area contributed by atoms with Crippen molar-refractivity contribution in [2.24, 2.45) is 11.7 Å². The lowest BCUT2D eigenvalue weighted by molar-refractivity contribution is -0.131. The van der Waals surface area contributed by atoms with Crippen molar-refractivity contribution in [3.8, 4) is 0 Å². The molecule has 1 rings (SSSR count). The van der Waals surface area contributed by atoms with Crippen LogP contribution in [0.15, 0.2) is 24.3 Å². The number of benzene rings is 1. The van der Waals surface area contributed by atoms with Gasteiger partial charge in [0.25, 0.3) is 0 Å². The maximum atomic E-state index is 13.8. The van der Waals surface area contributed by atoms with Gasteiger partial charge < -0.3 is 16.4 Å². The monoisotopic (exact) mass is 337 g/mol. The van der Waals surface area contributed by atoms with Crippen LogP contribution >= 0.6 is 0 Å². The van der Waals surface area contributed by atoms with Crippen molar-refractivity contribution in [2.75, 3.05) is 0 Å². The highest BCUT2D eigenvalue weighted by Crippen LogP contribution is 2.11. The summed E-state index contributed by atoms with van der Waals surface area (Å²) in [5.74, 6) is -2.26. The van der Waals surface area contributed by atoms with Crippen molar-refractivity contribution >= 4 is 17.7 Å². The standard InChI is InChI=1S/C17H24FN3O3/c1-4-10(2)15(16(19)23)21-17(24)14(20-11(3)22)9-12-7-5-6-8-13(12)18/h5-8,10,14-15H,4,9H2,1-3H3,(H2,19,23)(H,20,22)(H,21,24)/t10-,14-,15-/m1/s1. The van der Waals surface area contributed by atoms with E-state index in [0.29, 0.717) is 12.0 Å². The molecule has 0 aliphatic heterocycles. The first kappa shape index (κ1) is 19.6. The van der Waals surface area contributed by atoms with Crippen LogP contribution in [0, 0.1) is 11.7 Å². The van der Waals surface area contributed by atoms with Gasteiger partial charge >= 0.3 is 0 Å². The van der Waals surface area contributed by atoms with Gasteiger partial charge in [-0.25, -0.2) is 4.39 Å². The lowest BCUT2D eigenvalue weighted by Gasteiger charge is -2.25. The van der Waals surface area contributed by atoms with E-state index in [-0.39, 0.29) is 12.3 Å². The van der Waals surface area contributed by atoms with Crippen molar-refractivity contribution in [1.29, 1.82) is 0 Å². The van der Waals surface area contributed by atoms with E-state index in [9.17, 15) is 18.8 Å². The molecule has 24 heavy (non-hydrogen) atoms. The Morgan fingerprint density at radius 3 is 2.33 bits per heavy atom. The molecule has 0 heterocycles. The maximum absolute atomic E-state index is 13.8. The molecule has 0 bridgehead atoms. The minimum absolute atomic E-state index is 0.0237. The van der Waals surface area contributed by atoms with E-state index in [1.165, 1.54) is 19.1 Å². The van der Waals surface area contributed by atoms with Crippen molar-refractivity contribution < 1.29 is 18.8 Å². The molecule has 0 saturated heterocycles. The van der Waals surface area contributed by atoms with Crippen LogP contribution in [0.2, 0.25) is 0 Å². The molecule has 0 radical (unpaired) electrons. The highest BCUT2D eigenvalue weighted by Gasteiger charge is 2.28. The Kier molecular flexibility index (Phi) is 7.35. The average molecular weight is 337 g/mol. The number of carbonyl (C=O) groups is 3. The zero-order valence-corrected chi connectivity index (χ0v) is 14.1. The molecule has 1 aromatic carbocycles. The Bertz CT molecular complexity index is 606. The summed E-state index contributed by atoms with van der Waals surface area (Å²) in [4.78, 5) is 35.4. The summed E-state index contributed by atoms with van der Waals surface area (Å²) in [6.45, 7) is 4.93. The molecule has 4 N–H and O–H groups in total. The molecule has 0 aliphatic rings. The Morgan fingerprint density at radius 2 is 1.83 bits per heavy atom. The molecule has 7 heteroatoms. The first-order chi connectivity index (χ1) is 11.3. The van der Waals surface area contributed by atoms with Gasteiger partial charge in [0.1, 0.15) is 17.9 Å². The van der Waals surface area contributed by atoms with Gasteiger partial charge in [-0.1, -0.05) is 38.5 Å². The molecular weight excluding hydrogens is 313 g/mol. The van der Waals surface area contributed by atoms with Gasteiger partial charge in [-0.3, -0.25) is 14.4 Å². The number of rotatable bonds is 8. The first-order valence-electron chi connectivity index (χ1n) is 7.86. The smallest absolute Gasteiger partial charge is 0.243 e. The van der Waals surface area contributed by atoms with Crippen LogP contribution in [0.4, 0.5) is 4.39 Å². The predicted molar refractivity (Wildman–Crippen MR) is 88.3 cm³/mol. The molecule has 0 spiro atoms. The van der Waals surface area contributed by atoms with Gasteiger partial charge in [-0.05, 0) is 17.5 Å². The number of hydrogen-bond acceptors (Lipinski definition) is 3. The Hall–Kier alpha value is -2.44. The van der Waals surface area contributed by atoms with E-state index >= 15 is 0 Å². The number of hydrogen-bond donors (Lipinski definition) is 3. The second-order valence-electron chi connectivity index (χ2n) is 5.82. The summed E-state index contributed by atoms with van der Waals surface area (Å²) in [6.07, 6.45) is 0.621. The molecule has 0 unspecified atom stereocenters. The summed E-state index contributed by atoms with van der Waals surface area (Å²) >= 11 is 0. The van der Waals surface area contributed by atoms with E-state index in [1.807, 2.05) is 6.92 Å². The highest BCUT2D eigenvalue weighted by molar-refractivity contribution is 5.91. The lowest BCUT2D eigenvalue weighted by Crippen LogP contribution is -2.55. The summed E-state index contributed by atoms with van der Waals surface area (Å²) in [5, 5.41) is 5.05. The molecule has 0 saturated carbocycles. The van der Waals surface area contributed by atoms with Crippen LogP contribution in [0.3, 0.4) is 0 Å². The topological polar surface area (TPSA) is 101 Å². The van der Waals surface area contributed by atoms with Crippen LogP contribution in [-0.4, -0.2) is 29.8 Å². The third-order valence-electron chi connectivity index (χ3n) is 3.89. The molecular formula is C17H24FN3O3. The number of amides is 3. The van der Waals surface area contributed by atoms with Gasteiger partial charge in [-0.2, -0.15) is 0 Å². The molecule has 0 aromatic heterocycles. The summed E-state index contributed by atoms with van der Waals surface area (Å²) in [6, 6.07) is 4.16. The quantitative estimate of drug-likeness (QED) is 0.656. The number of halogens is 1. The summed E-state index contributed by atoms with van der Waals surface area (Å²) < 4.78 is 13.8. The van der Waals surface area contributed by atoms with Crippen molar-refractivity contribution in [2.45, 2.75) is 45.7 Å². The largest absolute Gasteiger partial charge is 0.368 e. The Balaban J connectivity index is 2.94. The van der Waals surface area contributed by atoms with E-state index in [1.54, 1.807) is 19.1 Å². The van der Waals surface area contributed by atoms with Crippen molar-refractivity contribution in [3.05, 3.63) is 35.6 Å². The van der Waals surface area contributed by atoms with E-state index < -0.39 is 35.6 Å². The Labute approximate surface area is 141 Å². The van der Waals surface area contributed by atoms with Crippen LogP contribution in [0.25, 0.3) is 0 Å². The molecule has 0 fully saturated rings. The molecule has 3 atom stereocenters. The van der Waals surface area contributed by atoms with Gasteiger partial charge in [-0.15, -0.1) is 0 Å². The first-order valence-corrected chi connectivity index (χ1v) is 7.86. The zero-order chi connectivity index (χ0) is 18.3. The van der Waals surface area contributed by atoms with E-state index in [2.05, 4.69) is 10.6 Å². The predicted octanol–water partition coefficient (Wildman–Crippen LogP) is 0.889. The fourth-order valence-electron chi connectivity index (χ4n) is 2.32. The average Bonchev–Trinajstić information content (AvgIpc) is 2.52. The fourth-order valence-corrected chi connectivity index (χ4v) is 2.32. The third kappa shape index (κ3) is 5.64. The van der Waals surface area contributed by atoms with E-state index in [4.69, 9.17) is 5.73 Å². The van der Waals surface area contributed by atoms with Crippen LogP contribution in [0.1, 0.15) is 32.8 Å². The van der Waals surface area contributed by atoms with Gasteiger partial charge in [0.05, 0.1) is 0 Å². The molecule has 132 valence electrons. The van der Waals surface area contributed by atoms with Crippen LogP contribution in [-0.2, 0) is 20.8 Å². The number of nitrogens with two attached hydrogens (primary N) is 1. The van der Waals surface area contributed by atoms with Gasteiger partial charge in [0.15, 0.2) is 0 Å². The molecule has 0 aliphatic carbocycles.